The van der Waals surface area contributed by atoms with Crippen LogP contribution in [0.3, 0.4) is 0 Å². The van der Waals surface area contributed by atoms with Gasteiger partial charge in [0.25, 0.3) is 5.91 Å². The SMILES string of the molecule is CNCc1cccc2c1OCCOCCOCCC(C)S(=O)(=O)c1ccc(cc1)-c1cnc(N)c(n1)C(=O)N2. The van der Waals surface area contributed by atoms with Crippen LogP contribution in [0.5, 0.6) is 5.75 Å². The van der Waals surface area contributed by atoms with Gasteiger partial charge in [-0.3, -0.25) is 4.79 Å². The largest absolute Gasteiger partial charge is 0.489 e. The van der Waals surface area contributed by atoms with E-state index in [0.717, 1.165) is 5.56 Å². The minimum atomic E-state index is -3.56. The molecule has 4 bridgehead atoms. The minimum Gasteiger partial charge on any atom is -0.489 e. The number of rotatable bonds is 2. The number of carbonyl (C=O) groups excluding carboxylic acids is 1. The number of nitrogen functional groups attached to an aromatic ring is 1. The van der Waals surface area contributed by atoms with E-state index in [0.29, 0.717) is 62.1 Å². The van der Waals surface area contributed by atoms with E-state index in [1.165, 1.54) is 18.3 Å². The topological polar surface area (TPSA) is 155 Å². The predicted molar refractivity (Wildman–Crippen MR) is 147 cm³/mol. The van der Waals surface area contributed by atoms with Gasteiger partial charge in [-0.25, -0.2) is 18.4 Å². The highest BCUT2D eigenvalue weighted by molar-refractivity contribution is 7.92. The van der Waals surface area contributed by atoms with Gasteiger partial charge in [0.05, 0.1) is 47.5 Å². The van der Waals surface area contributed by atoms with Crippen molar-refractivity contribution in [1.82, 2.24) is 15.3 Å². The zero-order chi connectivity index (χ0) is 27.8. The molecule has 2 aliphatic heterocycles. The Labute approximate surface area is 228 Å². The minimum absolute atomic E-state index is 0.0387. The molecule has 1 aromatic heterocycles. The zero-order valence-corrected chi connectivity index (χ0v) is 22.8. The van der Waals surface area contributed by atoms with Crippen LogP contribution in [0.1, 0.15) is 29.4 Å². The molecule has 3 heterocycles. The summed E-state index contributed by atoms with van der Waals surface area (Å²) in [5.74, 6) is -0.0873. The fourth-order valence-electron chi connectivity index (χ4n) is 4.05. The number of ether oxygens (including phenoxy) is 3. The molecule has 4 N–H and O–H groups in total. The molecule has 11 nitrogen and oxygen atoms in total. The second kappa shape index (κ2) is 13.0. The molecule has 2 aromatic carbocycles. The fraction of sp³-hybridized carbons (Fsp3) is 0.370. The molecule has 208 valence electrons. The van der Waals surface area contributed by atoms with Crippen LogP contribution in [0.4, 0.5) is 11.5 Å². The molecule has 1 atom stereocenters. The highest BCUT2D eigenvalue weighted by Gasteiger charge is 2.24. The number of hydrogen-bond acceptors (Lipinski definition) is 10. The molecule has 0 saturated carbocycles. The van der Waals surface area contributed by atoms with Crippen LogP contribution in [0, 0.1) is 0 Å². The van der Waals surface area contributed by atoms with E-state index >= 15 is 0 Å². The maximum atomic E-state index is 13.3. The second-order valence-corrected chi connectivity index (χ2v) is 11.4. The maximum Gasteiger partial charge on any atom is 0.278 e. The van der Waals surface area contributed by atoms with Gasteiger partial charge >= 0.3 is 0 Å². The lowest BCUT2D eigenvalue weighted by atomic mass is 10.1. The molecule has 0 aliphatic carbocycles. The van der Waals surface area contributed by atoms with Crippen LogP contribution in [0.15, 0.2) is 53.6 Å². The highest BCUT2D eigenvalue weighted by Crippen LogP contribution is 2.30. The molecule has 2 aliphatic rings. The first-order chi connectivity index (χ1) is 18.8. The van der Waals surface area contributed by atoms with Gasteiger partial charge in [-0.2, -0.15) is 0 Å². The molecule has 1 amide bonds. The third-order valence-electron chi connectivity index (χ3n) is 6.25. The number of nitrogens with one attached hydrogen (secondary N) is 2. The summed E-state index contributed by atoms with van der Waals surface area (Å²) in [6, 6.07) is 11.8. The Balaban J connectivity index is 1.69. The molecule has 3 aromatic rings. The van der Waals surface area contributed by atoms with E-state index in [1.807, 2.05) is 19.2 Å². The summed E-state index contributed by atoms with van der Waals surface area (Å²) < 4.78 is 43.2. The number of sulfone groups is 1. The van der Waals surface area contributed by atoms with Crippen molar-refractivity contribution in [1.29, 1.82) is 0 Å². The van der Waals surface area contributed by atoms with Crippen molar-refractivity contribution in [3.8, 4) is 17.0 Å². The highest BCUT2D eigenvalue weighted by atomic mass is 32.2. The Morgan fingerprint density at radius 3 is 2.51 bits per heavy atom. The first-order valence-electron chi connectivity index (χ1n) is 12.6. The van der Waals surface area contributed by atoms with Crippen LogP contribution in [-0.4, -0.2) is 69.6 Å². The fourth-order valence-corrected chi connectivity index (χ4v) is 5.43. The average molecular weight is 556 g/mol. The number of benzene rings is 2. The lowest BCUT2D eigenvalue weighted by Gasteiger charge is -2.17. The van der Waals surface area contributed by atoms with Crippen LogP contribution in [0.2, 0.25) is 0 Å². The Bertz CT molecular complexity index is 1400. The van der Waals surface area contributed by atoms with Crippen LogP contribution >= 0.6 is 0 Å². The second-order valence-electron chi connectivity index (χ2n) is 9.01. The number of hydrogen-bond donors (Lipinski definition) is 3. The van der Waals surface area contributed by atoms with Crippen LogP contribution in [0.25, 0.3) is 11.3 Å². The molecule has 39 heavy (non-hydrogen) atoms. The number of nitrogens with zero attached hydrogens (tertiary/aromatic N) is 2. The lowest BCUT2D eigenvalue weighted by molar-refractivity contribution is 0.0357. The van der Waals surface area contributed by atoms with Gasteiger partial charge in [-0.15, -0.1) is 0 Å². The molecule has 1 unspecified atom stereocenters. The summed E-state index contributed by atoms with van der Waals surface area (Å²) in [5.41, 5.74) is 8.23. The Morgan fingerprint density at radius 2 is 1.77 bits per heavy atom. The normalized spacial score (nSPS) is 18.6. The molecule has 12 heteroatoms. The summed E-state index contributed by atoms with van der Waals surface area (Å²) in [7, 11) is -1.73. The van der Waals surface area contributed by atoms with E-state index in [4.69, 9.17) is 19.9 Å². The van der Waals surface area contributed by atoms with Gasteiger partial charge in [0.2, 0.25) is 0 Å². The van der Waals surface area contributed by atoms with E-state index in [1.54, 1.807) is 25.1 Å². The van der Waals surface area contributed by atoms with Crippen molar-refractivity contribution in [3.05, 3.63) is 59.9 Å². The number of fused-ring (bicyclic) bond motifs is 13. The van der Waals surface area contributed by atoms with Crippen molar-refractivity contribution in [2.24, 2.45) is 0 Å². The number of para-hydroxylation sites is 1. The van der Waals surface area contributed by atoms with Crippen LogP contribution in [-0.2, 0) is 25.9 Å². The molecule has 5 rings (SSSR count). The van der Waals surface area contributed by atoms with Gasteiger partial charge in [-0.1, -0.05) is 24.3 Å². The summed E-state index contributed by atoms with van der Waals surface area (Å²) in [6.07, 6.45) is 1.79. The van der Waals surface area contributed by atoms with Crippen molar-refractivity contribution in [2.75, 3.05) is 51.1 Å². The van der Waals surface area contributed by atoms with Gasteiger partial charge in [0.1, 0.15) is 12.4 Å². The summed E-state index contributed by atoms with van der Waals surface area (Å²) in [4.78, 5) is 22.1. The number of amides is 1. The van der Waals surface area contributed by atoms with E-state index < -0.39 is 21.0 Å². The Morgan fingerprint density at radius 1 is 1.05 bits per heavy atom. The van der Waals surface area contributed by atoms with Crippen molar-refractivity contribution >= 4 is 27.2 Å². The van der Waals surface area contributed by atoms with E-state index in [2.05, 4.69) is 20.6 Å². The van der Waals surface area contributed by atoms with Gasteiger partial charge in [0, 0.05) is 24.3 Å². The van der Waals surface area contributed by atoms with Crippen molar-refractivity contribution < 1.29 is 27.4 Å². The number of carbonyl (C=O) groups is 1. The number of anilines is 2. The van der Waals surface area contributed by atoms with Crippen molar-refractivity contribution in [2.45, 2.75) is 30.0 Å². The quantitative estimate of drug-likeness (QED) is 0.402. The predicted octanol–water partition coefficient (Wildman–Crippen LogP) is 2.68. The zero-order valence-electron chi connectivity index (χ0n) is 22.0. The first kappa shape index (κ1) is 28.4. The summed E-state index contributed by atoms with van der Waals surface area (Å²) >= 11 is 0. The van der Waals surface area contributed by atoms with Gasteiger partial charge < -0.3 is 30.6 Å². The third kappa shape index (κ3) is 6.90. The van der Waals surface area contributed by atoms with E-state index in [-0.39, 0.29) is 23.0 Å². The average Bonchev–Trinajstić information content (AvgIpc) is 2.93. The molecule has 0 radical (unpaired) electrons. The lowest BCUT2D eigenvalue weighted by Crippen LogP contribution is -2.21. The van der Waals surface area contributed by atoms with Crippen LogP contribution < -0.4 is 21.1 Å². The summed E-state index contributed by atoms with van der Waals surface area (Å²) in [6.45, 7) is 3.69. The Hall–Kier alpha value is -3.58. The van der Waals surface area contributed by atoms with E-state index in [9.17, 15) is 13.2 Å². The summed E-state index contributed by atoms with van der Waals surface area (Å²) in [5, 5.41) is 5.31. The third-order valence-corrected chi connectivity index (χ3v) is 8.48. The molecule has 0 fully saturated rings. The molecular formula is C27H33N5O6S. The molecule has 0 spiro atoms. The smallest absolute Gasteiger partial charge is 0.278 e. The van der Waals surface area contributed by atoms with Gasteiger partial charge in [-0.05, 0) is 38.6 Å². The molecule has 0 saturated heterocycles. The monoisotopic (exact) mass is 555 g/mol. The van der Waals surface area contributed by atoms with Gasteiger partial charge in [0.15, 0.2) is 21.3 Å². The number of aromatic nitrogens is 2. The standard InChI is InChI=1S/C27H33N5O6S/c1-18-10-11-36-12-13-37-14-15-38-25-20(16-29-2)4-3-5-22(25)32-27(33)24-26(28)30-17-23(31-24)19-6-8-21(9-7-19)39(18,34)35/h3-9,17-18,29H,10-16H2,1-2H3,(H2,28,30)(H,32,33). The Kier molecular flexibility index (Phi) is 9.46. The number of nitrogens with two attached hydrogens (primary N) is 1. The molecular weight excluding hydrogens is 522 g/mol. The maximum absolute atomic E-state index is 13.3. The van der Waals surface area contributed by atoms with Crippen molar-refractivity contribution in [3.63, 3.8) is 0 Å². The first-order valence-corrected chi connectivity index (χ1v) is 14.2.